The number of hydrogen-bond acceptors (Lipinski definition) is 7. The van der Waals surface area contributed by atoms with Gasteiger partial charge in [-0.3, -0.25) is 19.5 Å². The van der Waals surface area contributed by atoms with Crippen LogP contribution in [0.3, 0.4) is 0 Å². The van der Waals surface area contributed by atoms with Crippen LogP contribution in [0.25, 0.3) is 11.3 Å². The summed E-state index contributed by atoms with van der Waals surface area (Å²) in [5.41, 5.74) is -5.16. The maximum Gasteiger partial charge on any atom is 0.439 e. The molecule has 0 radical (unpaired) electrons. The van der Waals surface area contributed by atoms with Gasteiger partial charge in [-0.25, -0.2) is 9.59 Å². The number of pyridine rings is 1. The van der Waals surface area contributed by atoms with Crippen LogP contribution in [0.2, 0.25) is 0 Å². The zero-order chi connectivity index (χ0) is 33.5. The van der Waals surface area contributed by atoms with Gasteiger partial charge in [-0.05, 0) is 47.4 Å². The summed E-state index contributed by atoms with van der Waals surface area (Å²) < 4.78 is 55.4. The Morgan fingerprint density at radius 2 is 1.48 bits per heavy atom. The van der Waals surface area contributed by atoms with Crippen LogP contribution in [-0.4, -0.2) is 47.0 Å². The Bertz CT molecular complexity index is 1740. The van der Waals surface area contributed by atoms with Gasteiger partial charge < -0.3 is 19.9 Å². The van der Waals surface area contributed by atoms with E-state index in [1.54, 1.807) is 24.3 Å². The molecule has 0 saturated carbocycles. The SMILES string of the molecule is COC(=O)c1ccc(COC(=O)Nc2ccc(-c3ccccc3)n(C(O)(C(Cc3ccccc3)NC(C)=O)C(F)(F)F)c2=O)cc1. The molecule has 4 aromatic rings. The van der Waals surface area contributed by atoms with Crippen molar-refractivity contribution in [2.24, 2.45) is 0 Å². The summed E-state index contributed by atoms with van der Waals surface area (Å²) in [6, 6.07) is 21.5. The lowest BCUT2D eigenvalue weighted by Gasteiger charge is -2.40. The highest BCUT2D eigenvalue weighted by molar-refractivity contribution is 5.89. The summed E-state index contributed by atoms with van der Waals surface area (Å²) >= 11 is 0. The van der Waals surface area contributed by atoms with Gasteiger partial charge >= 0.3 is 18.2 Å². The molecule has 0 fully saturated rings. The van der Waals surface area contributed by atoms with Gasteiger partial charge in [0.25, 0.3) is 11.3 Å². The monoisotopic (exact) mass is 637 g/mol. The van der Waals surface area contributed by atoms with Crippen molar-refractivity contribution in [3.8, 4) is 11.3 Å². The van der Waals surface area contributed by atoms with E-state index in [2.05, 4.69) is 15.4 Å². The molecule has 0 aliphatic carbocycles. The van der Waals surface area contributed by atoms with Crippen molar-refractivity contribution in [2.75, 3.05) is 12.4 Å². The van der Waals surface area contributed by atoms with Crippen LogP contribution < -0.4 is 16.2 Å². The standard InChI is InChI=1S/C33H30F3N3O7/c1-21(40)37-28(19-22-9-5-3-6-10-22)32(44,33(34,35)36)39-27(24-11-7-4-8-12-24)18-17-26(29(39)41)38-31(43)46-20-23-13-15-25(16-14-23)30(42)45-2/h3-18,28,44H,19-20H2,1-2H3,(H,37,40)(H,38,43). The van der Waals surface area contributed by atoms with Gasteiger partial charge in [0.15, 0.2) is 0 Å². The number of carbonyl (C=O) groups is 3. The maximum absolute atomic E-state index is 15.2. The van der Waals surface area contributed by atoms with E-state index in [1.165, 1.54) is 67.8 Å². The highest BCUT2D eigenvalue weighted by Gasteiger charge is 2.62. The van der Waals surface area contributed by atoms with E-state index in [0.717, 1.165) is 19.1 Å². The summed E-state index contributed by atoms with van der Waals surface area (Å²) in [6.45, 7) is 0.685. The minimum Gasteiger partial charge on any atom is -0.465 e. The van der Waals surface area contributed by atoms with Crippen molar-refractivity contribution in [1.82, 2.24) is 9.88 Å². The zero-order valence-corrected chi connectivity index (χ0v) is 24.7. The first kappa shape index (κ1) is 33.5. The average Bonchev–Trinajstić information content (AvgIpc) is 3.04. The number of alkyl halides is 3. The molecule has 13 heteroatoms. The van der Waals surface area contributed by atoms with Crippen molar-refractivity contribution in [3.05, 3.63) is 124 Å². The second kappa shape index (κ2) is 14.1. The molecule has 2 amide bonds. The number of benzene rings is 3. The lowest BCUT2D eigenvalue weighted by Crippen LogP contribution is -2.65. The van der Waals surface area contributed by atoms with Crippen LogP contribution in [-0.2, 0) is 33.0 Å². The van der Waals surface area contributed by atoms with Gasteiger partial charge in [-0.15, -0.1) is 0 Å². The molecular weight excluding hydrogens is 607 g/mol. The number of esters is 1. The Morgan fingerprint density at radius 1 is 0.870 bits per heavy atom. The highest BCUT2D eigenvalue weighted by atomic mass is 19.4. The molecule has 0 aliphatic heterocycles. The second-order valence-electron chi connectivity index (χ2n) is 10.2. The number of anilines is 1. The molecule has 2 unspecified atom stereocenters. The molecule has 3 aromatic carbocycles. The number of halogens is 3. The first-order valence-corrected chi connectivity index (χ1v) is 13.9. The van der Waals surface area contributed by atoms with E-state index in [4.69, 9.17) is 4.74 Å². The number of ether oxygens (including phenoxy) is 2. The van der Waals surface area contributed by atoms with Crippen LogP contribution in [0.4, 0.5) is 23.7 Å². The Morgan fingerprint density at radius 3 is 2.04 bits per heavy atom. The molecule has 1 aromatic heterocycles. The minimum atomic E-state index is -5.52. The van der Waals surface area contributed by atoms with Gasteiger partial charge in [0, 0.05) is 6.92 Å². The van der Waals surface area contributed by atoms with Crippen molar-refractivity contribution < 1.29 is 42.1 Å². The van der Waals surface area contributed by atoms with Gasteiger partial charge in [0.2, 0.25) is 5.91 Å². The quantitative estimate of drug-likeness (QED) is 0.208. The zero-order valence-electron chi connectivity index (χ0n) is 24.7. The molecule has 0 spiro atoms. The molecular formula is C33H30F3N3O7. The molecule has 10 nitrogen and oxygen atoms in total. The number of aliphatic hydroxyl groups is 1. The minimum absolute atomic E-state index is 0.132. The van der Waals surface area contributed by atoms with Crippen LogP contribution in [0, 0.1) is 0 Å². The molecule has 4 rings (SSSR count). The van der Waals surface area contributed by atoms with E-state index in [1.807, 2.05) is 0 Å². The summed E-state index contributed by atoms with van der Waals surface area (Å²) in [5.74, 6) is -1.45. The van der Waals surface area contributed by atoms with Gasteiger partial charge in [-0.1, -0.05) is 72.8 Å². The van der Waals surface area contributed by atoms with E-state index in [-0.39, 0.29) is 28.0 Å². The third-order valence-corrected chi connectivity index (χ3v) is 7.04. The predicted molar refractivity (Wildman–Crippen MR) is 162 cm³/mol. The summed E-state index contributed by atoms with van der Waals surface area (Å²) in [5, 5.41) is 16.1. The number of carbonyl (C=O) groups excluding carboxylic acids is 3. The highest BCUT2D eigenvalue weighted by Crippen LogP contribution is 2.40. The molecule has 0 saturated heterocycles. The van der Waals surface area contributed by atoms with Crippen molar-refractivity contribution >= 4 is 23.7 Å². The van der Waals surface area contributed by atoms with Gasteiger partial charge in [0.05, 0.1) is 24.4 Å². The molecule has 0 aliphatic rings. The molecule has 3 N–H and O–H groups in total. The Balaban J connectivity index is 1.77. The number of methoxy groups -OCH3 is 1. The van der Waals surface area contributed by atoms with E-state index >= 15 is 13.2 Å². The number of nitrogens with one attached hydrogen (secondary N) is 2. The van der Waals surface area contributed by atoms with E-state index in [9.17, 15) is 24.3 Å². The first-order valence-electron chi connectivity index (χ1n) is 13.9. The van der Waals surface area contributed by atoms with Crippen LogP contribution >= 0.6 is 0 Å². The van der Waals surface area contributed by atoms with Crippen LogP contribution in [0.1, 0.15) is 28.4 Å². The van der Waals surface area contributed by atoms with E-state index < -0.39 is 53.6 Å². The van der Waals surface area contributed by atoms with Crippen molar-refractivity contribution in [3.63, 3.8) is 0 Å². The largest absolute Gasteiger partial charge is 0.465 e. The van der Waals surface area contributed by atoms with E-state index in [0.29, 0.717) is 11.1 Å². The fourth-order valence-electron chi connectivity index (χ4n) is 4.82. The Hall–Kier alpha value is -5.43. The normalized spacial score (nSPS) is 13.2. The smallest absolute Gasteiger partial charge is 0.439 e. The molecule has 1 heterocycles. The third kappa shape index (κ3) is 7.44. The molecule has 0 bridgehead atoms. The van der Waals surface area contributed by atoms with Gasteiger partial charge in [-0.2, -0.15) is 13.2 Å². The summed E-state index contributed by atoms with van der Waals surface area (Å²) in [7, 11) is 1.23. The Labute approximate surface area is 261 Å². The fourth-order valence-corrected chi connectivity index (χ4v) is 4.82. The van der Waals surface area contributed by atoms with Crippen LogP contribution in [0.15, 0.2) is 102 Å². The average molecular weight is 638 g/mol. The van der Waals surface area contributed by atoms with Crippen molar-refractivity contribution in [1.29, 1.82) is 0 Å². The number of amides is 2. The molecule has 2 atom stereocenters. The summed E-state index contributed by atoms with van der Waals surface area (Å²) in [4.78, 5) is 50.4. The Kier molecular flexibility index (Phi) is 10.3. The van der Waals surface area contributed by atoms with Crippen LogP contribution in [0.5, 0.6) is 0 Å². The third-order valence-electron chi connectivity index (χ3n) is 7.04. The summed E-state index contributed by atoms with van der Waals surface area (Å²) in [6.07, 6.45) is -7.20. The molecule has 240 valence electrons. The number of hydrogen-bond donors (Lipinski definition) is 3. The fraction of sp³-hybridized carbons (Fsp3) is 0.212. The first-order chi connectivity index (χ1) is 21.8. The van der Waals surface area contributed by atoms with Gasteiger partial charge in [0.1, 0.15) is 12.3 Å². The number of rotatable bonds is 10. The molecule has 46 heavy (non-hydrogen) atoms. The number of aromatic nitrogens is 1. The lowest BCUT2D eigenvalue weighted by atomic mass is 9.93. The maximum atomic E-state index is 15.2. The topological polar surface area (TPSA) is 136 Å². The predicted octanol–water partition coefficient (Wildman–Crippen LogP) is 5.01. The number of nitrogens with zero attached hydrogens (tertiary/aromatic N) is 1. The lowest BCUT2D eigenvalue weighted by molar-refractivity contribution is -0.310. The van der Waals surface area contributed by atoms with Crippen molar-refractivity contribution in [2.45, 2.75) is 37.9 Å². The second-order valence-corrected chi connectivity index (χ2v) is 10.2.